The van der Waals surface area contributed by atoms with Gasteiger partial charge in [-0.25, -0.2) is 0 Å². The Bertz CT molecular complexity index is 524. The first-order valence-electron chi connectivity index (χ1n) is 7.37. The summed E-state index contributed by atoms with van der Waals surface area (Å²) in [7, 11) is 0. The Morgan fingerprint density at radius 3 is 1.95 bits per heavy atom. The second kappa shape index (κ2) is 7.66. The zero-order valence-electron chi connectivity index (χ0n) is 12.4. The highest BCUT2D eigenvalue weighted by molar-refractivity contribution is 5.82. The topological polar surface area (TPSA) is 3.24 Å². The van der Waals surface area contributed by atoms with Gasteiger partial charge < -0.3 is 0 Å². The van der Waals surface area contributed by atoms with Crippen molar-refractivity contribution in [3.05, 3.63) is 71.8 Å². The SMILES string of the molecule is CCN(CC)CC(=Cc1ccccc1)c1ccccc1. The summed E-state index contributed by atoms with van der Waals surface area (Å²) in [5, 5.41) is 0. The van der Waals surface area contributed by atoms with E-state index >= 15 is 0 Å². The Morgan fingerprint density at radius 2 is 1.40 bits per heavy atom. The van der Waals surface area contributed by atoms with Crippen molar-refractivity contribution in [2.24, 2.45) is 0 Å². The Balaban J connectivity index is 2.32. The van der Waals surface area contributed by atoms with Crippen LogP contribution in [-0.4, -0.2) is 24.5 Å². The number of nitrogens with zero attached hydrogens (tertiary/aromatic N) is 1. The van der Waals surface area contributed by atoms with E-state index in [1.54, 1.807) is 0 Å². The van der Waals surface area contributed by atoms with Crippen molar-refractivity contribution in [2.75, 3.05) is 19.6 Å². The van der Waals surface area contributed by atoms with Crippen LogP contribution in [0.25, 0.3) is 11.6 Å². The van der Waals surface area contributed by atoms with Crippen molar-refractivity contribution < 1.29 is 0 Å². The molecule has 0 heterocycles. The van der Waals surface area contributed by atoms with E-state index in [0.717, 1.165) is 19.6 Å². The predicted molar refractivity (Wildman–Crippen MR) is 88.5 cm³/mol. The lowest BCUT2D eigenvalue weighted by Gasteiger charge is -2.20. The molecular formula is C19H23N. The van der Waals surface area contributed by atoms with Gasteiger partial charge in [0.1, 0.15) is 0 Å². The monoisotopic (exact) mass is 265 g/mol. The normalized spacial score (nSPS) is 11.8. The summed E-state index contributed by atoms with van der Waals surface area (Å²) in [4.78, 5) is 2.45. The van der Waals surface area contributed by atoms with Crippen LogP contribution in [0.5, 0.6) is 0 Å². The lowest BCUT2D eigenvalue weighted by Crippen LogP contribution is -2.24. The van der Waals surface area contributed by atoms with Crippen molar-refractivity contribution in [1.29, 1.82) is 0 Å². The number of rotatable bonds is 6. The van der Waals surface area contributed by atoms with Gasteiger partial charge in [0.15, 0.2) is 0 Å². The third kappa shape index (κ3) is 4.07. The molecule has 0 aliphatic heterocycles. The van der Waals surface area contributed by atoms with Crippen LogP contribution in [-0.2, 0) is 0 Å². The maximum atomic E-state index is 2.45. The molecule has 104 valence electrons. The smallest absolute Gasteiger partial charge is 0.0239 e. The van der Waals surface area contributed by atoms with Gasteiger partial charge in [-0.2, -0.15) is 0 Å². The molecule has 2 aromatic carbocycles. The van der Waals surface area contributed by atoms with Crippen LogP contribution in [0, 0.1) is 0 Å². The molecule has 20 heavy (non-hydrogen) atoms. The summed E-state index contributed by atoms with van der Waals surface area (Å²) in [6.45, 7) is 7.58. The number of hydrogen-bond acceptors (Lipinski definition) is 1. The second-order valence-electron chi connectivity index (χ2n) is 4.91. The van der Waals surface area contributed by atoms with E-state index in [0.29, 0.717) is 0 Å². The van der Waals surface area contributed by atoms with E-state index in [9.17, 15) is 0 Å². The molecule has 0 amide bonds. The van der Waals surface area contributed by atoms with E-state index in [2.05, 4.69) is 85.5 Å². The second-order valence-corrected chi connectivity index (χ2v) is 4.91. The van der Waals surface area contributed by atoms with E-state index in [1.165, 1.54) is 16.7 Å². The summed E-state index contributed by atoms with van der Waals surface area (Å²) < 4.78 is 0. The van der Waals surface area contributed by atoms with Gasteiger partial charge >= 0.3 is 0 Å². The van der Waals surface area contributed by atoms with Crippen LogP contribution in [0.3, 0.4) is 0 Å². The highest BCUT2D eigenvalue weighted by atomic mass is 15.1. The van der Waals surface area contributed by atoms with Crippen molar-refractivity contribution in [3.63, 3.8) is 0 Å². The van der Waals surface area contributed by atoms with E-state index < -0.39 is 0 Å². The molecule has 1 heteroatoms. The molecule has 0 saturated carbocycles. The number of benzene rings is 2. The molecule has 0 aliphatic carbocycles. The fourth-order valence-electron chi connectivity index (χ4n) is 2.31. The van der Waals surface area contributed by atoms with E-state index in [1.807, 2.05) is 0 Å². The van der Waals surface area contributed by atoms with Gasteiger partial charge in [0.25, 0.3) is 0 Å². The first-order valence-corrected chi connectivity index (χ1v) is 7.37. The van der Waals surface area contributed by atoms with Crippen LogP contribution < -0.4 is 0 Å². The van der Waals surface area contributed by atoms with Crippen LogP contribution >= 0.6 is 0 Å². The molecule has 0 N–H and O–H groups in total. The zero-order chi connectivity index (χ0) is 14.2. The quantitative estimate of drug-likeness (QED) is 0.692. The standard InChI is InChI=1S/C19H23N/c1-3-20(4-2)16-19(18-13-9-6-10-14-18)15-17-11-7-5-8-12-17/h5-15H,3-4,16H2,1-2H3. The van der Waals surface area contributed by atoms with E-state index in [-0.39, 0.29) is 0 Å². The highest BCUT2D eigenvalue weighted by Crippen LogP contribution is 2.19. The Hall–Kier alpha value is -1.86. The van der Waals surface area contributed by atoms with Gasteiger partial charge in [0, 0.05) is 6.54 Å². The van der Waals surface area contributed by atoms with Crippen LogP contribution in [0.15, 0.2) is 60.7 Å². The molecule has 1 nitrogen and oxygen atoms in total. The number of likely N-dealkylation sites (N-methyl/N-ethyl adjacent to an activating group) is 1. The predicted octanol–water partition coefficient (Wildman–Crippen LogP) is 4.57. The first kappa shape index (κ1) is 14.5. The molecule has 0 radical (unpaired) electrons. The van der Waals surface area contributed by atoms with Crippen LogP contribution in [0.2, 0.25) is 0 Å². The largest absolute Gasteiger partial charge is 0.300 e. The molecule has 0 fully saturated rings. The van der Waals surface area contributed by atoms with Crippen molar-refractivity contribution in [2.45, 2.75) is 13.8 Å². The molecule has 0 atom stereocenters. The van der Waals surface area contributed by atoms with E-state index in [4.69, 9.17) is 0 Å². The maximum absolute atomic E-state index is 2.45. The molecular weight excluding hydrogens is 242 g/mol. The summed E-state index contributed by atoms with van der Waals surface area (Å²) in [6.07, 6.45) is 2.30. The summed E-state index contributed by atoms with van der Waals surface area (Å²) in [5.41, 5.74) is 3.95. The summed E-state index contributed by atoms with van der Waals surface area (Å²) in [5.74, 6) is 0. The third-order valence-corrected chi connectivity index (χ3v) is 3.57. The van der Waals surface area contributed by atoms with Gasteiger partial charge in [-0.05, 0) is 35.9 Å². The maximum Gasteiger partial charge on any atom is 0.0239 e. The molecule has 2 rings (SSSR count). The molecule has 0 aliphatic rings. The minimum absolute atomic E-state index is 0.992. The minimum atomic E-state index is 0.992. The van der Waals surface area contributed by atoms with Gasteiger partial charge in [-0.1, -0.05) is 74.5 Å². The van der Waals surface area contributed by atoms with Gasteiger partial charge in [0.2, 0.25) is 0 Å². The Labute approximate surface area is 122 Å². The molecule has 0 spiro atoms. The fraction of sp³-hybridized carbons (Fsp3) is 0.263. The van der Waals surface area contributed by atoms with Crippen LogP contribution in [0.4, 0.5) is 0 Å². The van der Waals surface area contributed by atoms with Crippen LogP contribution in [0.1, 0.15) is 25.0 Å². The molecule has 0 unspecified atom stereocenters. The van der Waals surface area contributed by atoms with Gasteiger partial charge in [-0.15, -0.1) is 0 Å². The molecule has 0 aromatic heterocycles. The molecule has 0 saturated heterocycles. The third-order valence-electron chi connectivity index (χ3n) is 3.57. The molecule has 2 aromatic rings. The van der Waals surface area contributed by atoms with Crippen molar-refractivity contribution >= 4 is 11.6 Å². The Kier molecular flexibility index (Phi) is 5.57. The van der Waals surface area contributed by atoms with Gasteiger partial charge in [-0.3, -0.25) is 4.90 Å². The summed E-state index contributed by atoms with van der Waals surface area (Å²) >= 11 is 0. The molecule has 0 bridgehead atoms. The van der Waals surface area contributed by atoms with Crippen molar-refractivity contribution in [1.82, 2.24) is 4.90 Å². The minimum Gasteiger partial charge on any atom is -0.300 e. The average molecular weight is 265 g/mol. The zero-order valence-corrected chi connectivity index (χ0v) is 12.4. The first-order chi connectivity index (χ1) is 9.83. The fourth-order valence-corrected chi connectivity index (χ4v) is 2.31. The van der Waals surface area contributed by atoms with Crippen molar-refractivity contribution in [3.8, 4) is 0 Å². The number of hydrogen-bond donors (Lipinski definition) is 0. The lowest BCUT2D eigenvalue weighted by molar-refractivity contribution is 0.342. The lowest BCUT2D eigenvalue weighted by atomic mass is 10.0. The highest BCUT2D eigenvalue weighted by Gasteiger charge is 2.06. The Morgan fingerprint density at radius 1 is 0.850 bits per heavy atom. The summed E-state index contributed by atoms with van der Waals surface area (Å²) in [6, 6.07) is 21.2. The average Bonchev–Trinajstić information content (AvgIpc) is 2.53. The van der Waals surface area contributed by atoms with Gasteiger partial charge in [0.05, 0.1) is 0 Å².